The number of aromatic amines is 1. The summed E-state index contributed by atoms with van der Waals surface area (Å²) in [6.07, 6.45) is -4.21. The Kier molecular flexibility index (Phi) is 8.36. The van der Waals surface area contributed by atoms with Gasteiger partial charge in [0.1, 0.15) is 5.69 Å². The molecule has 3 aromatic rings. The van der Waals surface area contributed by atoms with Crippen molar-refractivity contribution in [1.29, 1.82) is 0 Å². The average Bonchev–Trinajstić information content (AvgIpc) is 3.06. The Balaban J connectivity index is 0.000000454. The summed E-state index contributed by atoms with van der Waals surface area (Å²) in [7, 11) is 0. The molecule has 0 saturated carbocycles. The van der Waals surface area contributed by atoms with Gasteiger partial charge in [-0.1, -0.05) is 36.4 Å². The molecule has 1 aromatic heterocycles. The van der Waals surface area contributed by atoms with Crippen molar-refractivity contribution in [2.75, 3.05) is 19.6 Å². The topological polar surface area (TPSA) is 107 Å². The molecule has 1 aliphatic heterocycles. The minimum Gasteiger partial charge on any atom is -0.475 e. The fourth-order valence-electron chi connectivity index (χ4n) is 3.75. The van der Waals surface area contributed by atoms with E-state index in [4.69, 9.17) is 9.90 Å². The van der Waals surface area contributed by atoms with E-state index in [2.05, 4.69) is 22.5 Å². The van der Waals surface area contributed by atoms with Crippen LogP contribution >= 0.6 is 0 Å². The van der Waals surface area contributed by atoms with E-state index in [1.807, 2.05) is 55.1 Å². The number of aromatic nitrogens is 2. The number of H-pyrrole nitrogens is 1. The van der Waals surface area contributed by atoms with Crippen molar-refractivity contribution in [3.8, 4) is 5.69 Å². The van der Waals surface area contributed by atoms with E-state index in [1.54, 1.807) is 0 Å². The highest BCUT2D eigenvalue weighted by molar-refractivity contribution is 5.92. The number of hydrogen-bond donors (Lipinski definition) is 3. The smallest absolute Gasteiger partial charge is 0.475 e. The number of amides is 1. The Bertz CT molecular complexity index is 1270. The van der Waals surface area contributed by atoms with Gasteiger partial charge in [-0.25, -0.2) is 9.48 Å². The van der Waals surface area contributed by atoms with Crippen LogP contribution < -0.4 is 10.9 Å². The maximum Gasteiger partial charge on any atom is 0.490 e. The Morgan fingerprint density at radius 1 is 1.03 bits per heavy atom. The van der Waals surface area contributed by atoms with E-state index >= 15 is 0 Å². The largest absolute Gasteiger partial charge is 0.490 e. The second kappa shape index (κ2) is 11.3. The van der Waals surface area contributed by atoms with Gasteiger partial charge in [-0.2, -0.15) is 13.2 Å². The van der Waals surface area contributed by atoms with Crippen LogP contribution in [0.2, 0.25) is 0 Å². The highest BCUT2D eigenvalue weighted by atomic mass is 19.4. The predicted octanol–water partition coefficient (Wildman–Crippen LogP) is 3.59. The van der Waals surface area contributed by atoms with Crippen LogP contribution in [-0.4, -0.2) is 57.5 Å². The van der Waals surface area contributed by atoms with E-state index in [-0.39, 0.29) is 17.5 Å². The van der Waals surface area contributed by atoms with Crippen molar-refractivity contribution in [1.82, 2.24) is 20.0 Å². The summed E-state index contributed by atoms with van der Waals surface area (Å²) in [5.74, 6) is -2.90. The third-order valence-corrected chi connectivity index (χ3v) is 5.83. The zero-order valence-electron chi connectivity index (χ0n) is 19.8. The zero-order valence-corrected chi connectivity index (χ0v) is 19.8. The first kappa shape index (κ1) is 26.7. The monoisotopic (exact) mass is 504 g/mol. The third kappa shape index (κ3) is 6.63. The maximum atomic E-state index is 13.2. The highest BCUT2D eigenvalue weighted by Gasteiger charge is 2.38. The van der Waals surface area contributed by atoms with Crippen LogP contribution in [-0.2, 0) is 4.79 Å². The van der Waals surface area contributed by atoms with Crippen molar-refractivity contribution in [2.24, 2.45) is 0 Å². The van der Waals surface area contributed by atoms with E-state index in [9.17, 15) is 22.8 Å². The van der Waals surface area contributed by atoms with Gasteiger partial charge in [-0.3, -0.25) is 14.7 Å². The van der Waals surface area contributed by atoms with Gasteiger partial charge in [0.25, 0.3) is 11.5 Å². The Morgan fingerprint density at radius 2 is 1.69 bits per heavy atom. The molecule has 2 heterocycles. The van der Waals surface area contributed by atoms with Crippen LogP contribution in [0.1, 0.15) is 39.6 Å². The molecule has 11 heteroatoms. The SMILES string of the molecule is Cc1ccc(-n2[nH]c(C(=O)N3CCCNC(c4ccccc4)C3)cc2=O)cc1C.O=C(O)C(F)(F)F. The molecule has 8 nitrogen and oxygen atoms in total. The molecule has 192 valence electrons. The average molecular weight is 505 g/mol. The minimum absolute atomic E-state index is 0.0798. The molecule has 1 fully saturated rings. The van der Waals surface area contributed by atoms with Crippen LogP contribution in [0.5, 0.6) is 0 Å². The number of carboxylic acid groups (broad SMARTS) is 1. The Hall–Kier alpha value is -3.86. The summed E-state index contributed by atoms with van der Waals surface area (Å²) in [6, 6.07) is 17.4. The van der Waals surface area contributed by atoms with Crippen LogP contribution in [0.4, 0.5) is 13.2 Å². The molecule has 1 unspecified atom stereocenters. The molecule has 0 spiro atoms. The van der Waals surface area contributed by atoms with Gasteiger partial charge < -0.3 is 15.3 Å². The van der Waals surface area contributed by atoms with Gasteiger partial charge in [0.15, 0.2) is 0 Å². The molecule has 36 heavy (non-hydrogen) atoms. The summed E-state index contributed by atoms with van der Waals surface area (Å²) in [5.41, 5.74) is 4.24. The van der Waals surface area contributed by atoms with Crippen molar-refractivity contribution in [3.05, 3.63) is 87.3 Å². The van der Waals surface area contributed by atoms with E-state index in [0.717, 1.165) is 35.3 Å². The number of rotatable bonds is 3. The van der Waals surface area contributed by atoms with Crippen molar-refractivity contribution >= 4 is 11.9 Å². The molecule has 0 aliphatic carbocycles. The zero-order chi connectivity index (χ0) is 26.5. The highest BCUT2D eigenvalue weighted by Crippen LogP contribution is 2.19. The standard InChI is InChI=1S/C23H26N4O2.C2HF3O2/c1-16-9-10-19(13-17(16)2)27-22(28)14-20(25-27)23(29)26-12-6-11-24-21(15-26)18-7-4-3-5-8-18;3-2(4,5)1(6)7/h3-5,7-10,13-14,21,24-25H,6,11-12,15H2,1-2H3;(H,6,7). The maximum absolute atomic E-state index is 13.2. The lowest BCUT2D eigenvalue weighted by molar-refractivity contribution is -0.192. The number of carboxylic acids is 1. The second-order valence-electron chi connectivity index (χ2n) is 8.44. The quantitative estimate of drug-likeness (QED) is 0.505. The lowest BCUT2D eigenvalue weighted by Gasteiger charge is -2.24. The molecule has 0 bridgehead atoms. The summed E-state index contributed by atoms with van der Waals surface area (Å²) in [6.45, 7) is 6.12. The van der Waals surface area contributed by atoms with Gasteiger partial charge in [-0.15, -0.1) is 0 Å². The van der Waals surface area contributed by atoms with E-state index in [0.29, 0.717) is 18.8 Å². The van der Waals surface area contributed by atoms with Crippen molar-refractivity contribution < 1.29 is 27.9 Å². The predicted molar refractivity (Wildman–Crippen MR) is 127 cm³/mol. The number of hydrogen-bond acceptors (Lipinski definition) is 4. The molecular weight excluding hydrogens is 477 g/mol. The number of nitrogens with one attached hydrogen (secondary N) is 2. The van der Waals surface area contributed by atoms with Crippen LogP contribution in [0.25, 0.3) is 5.69 Å². The first-order valence-electron chi connectivity index (χ1n) is 11.2. The normalized spacial score (nSPS) is 16.0. The fraction of sp³-hybridized carbons (Fsp3) is 0.320. The van der Waals surface area contributed by atoms with Crippen LogP contribution in [0.15, 0.2) is 59.4 Å². The van der Waals surface area contributed by atoms with Gasteiger partial charge in [0, 0.05) is 25.2 Å². The Morgan fingerprint density at radius 3 is 2.31 bits per heavy atom. The van der Waals surface area contributed by atoms with Crippen molar-refractivity contribution in [2.45, 2.75) is 32.5 Å². The molecule has 1 amide bonds. The summed E-state index contributed by atoms with van der Waals surface area (Å²) >= 11 is 0. The molecule has 2 aromatic carbocycles. The molecule has 4 rings (SSSR count). The molecule has 3 N–H and O–H groups in total. The van der Waals surface area contributed by atoms with Gasteiger partial charge >= 0.3 is 12.1 Å². The molecule has 0 radical (unpaired) electrons. The number of aliphatic carboxylic acids is 1. The van der Waals surface area contributed by atoms with E-state index in [1.165, 1.54) is 10.7 Å². The molecule has 1 aliphatic rings. The van der Waals surface area contributed by atoms with Gasteiger partial charge in [0.2, 0.25) is 0 Å². The molecular formula is C25H27F3N4O4. The molecule has 1 saturated heterocycles. The van der Waals surface area contributed by atoms with Crippen LogP contribution in [0.3, 0.4) is 0 Å². The minimum atomic E-state index is -5.08. The first-order valence-corrected chi connectivity index (χ1v) is 11.2. The van der Waals surface area contributed by atoms with Crippen LogP contribution in [0, 0.1) is 13.8 Å². The lowest BCUT2D eigenvalue weighted by atomic mass is 10.1. The van der Waals surface area contributed by atoms with Crippen molar-refractivity contribution in [3.63, 3.8) is 0 Å². The number of carbonyl (C=O) groups excluding carboxylic acids is 1. The Labute approximate surface area is 205 Å². The summed E-state index contributed by atoms with van der Waals surface area (Å²) in [4.78, 5) is 36.4. The summed E-state index contributed by atoms with van der Waals surface area (Å²) < 4.78 is 33.2. The third-order valence-electron chi connectivity index (χ3n) is 5.83. The number of nitrogens with zero attached hydrogens (tertiary/aromatic N) is 2. The number of benzene rings is 2. The number of halogens is 3. The number of alkyl halides is 3. The fourth-order valence-corrected chi connectivity index (χ4v) is 3.75. The molecule has 1 atom stereocenters. The first-order chi connectivity index (χ1) is 17.0. The summed E-state index contributed by atoms with van der Waals surface area (Å²) in [5, 5.41) is 13.7. The lowest BCUT2D eigenvalue weighted by Crippen LogP contribution is -2.36. The van der Waals surface area contributed by atoms with Gasteiger partial charge in [0.05, 0.1) is 5.69 Å². The van der Waals surface area contributed by atoms with E-state index < -0.39 is 12.1 Å². The van der Waals surface area contributed by atoms with Gasteiger partial charge in [-0.05, 0) is 55.6 Å². The number of aryl methyl sites for hydroxylation is 2. The number of carbonyl (C=O) groups is 2. The second-order valence-corrected chi connectivity index (χ2v) is 8.44.